The van der Waals surface area contributed by atoms with Crippen LogP contribution in [0, 0.1) is 12.8 Å². The van der Waals surface area contributed by atoms with Crippen molar-refractivity contribution in [2.24, 2.45) is 5.92 Å². The summed E-state index contributed by atoms with van der Waals surface area (Å²) in [5.41, 5.74) is 2.01. The van der Waals surface area contributed by atoms with Crippen LogP contribution in [-0.2, 0) is 16.1 Å². The van der Waals surface area contributed by atoms with Gasteiger partial charge in [0.2, 0.25) is 5.91 Å². The standard InChI is InChI=1S/C23H31ClN2O4/c1-15(2)29-10-4-7-25-23(28)17-5-8-26(9-6-17)14-18-12-22(27)30-21-11-16(3)20(24)13-19(18)21/h11-13,15,17H,4-10,14H2,1-3H3,(H,25,28). The molecule has 1 saturated heterocycles. The number of likely N-dealkylation sites (tertiary alicyclic amines) is 1. The molecule has 2 heterocycles. The molecule has 1 aliphatic heterocycles. The Bertz CT molecular complexity index is 933. The largest absolute Gasteiger partial charge is 0.423 e. The predicted molar refractivity (Wildman–Crippen MR) is 119 cm³/mol. The molecule has 164 valence electrons. The monoisotopic (exact) mass is 434 g/mol. The first-order chi connectivity index (χ1) is 14.3. The molecule has 0 spiro atoms. The van der Waals surface area contributed by atoms with Crippen LogP contribution in [0.25, 0.3) is 11.0 Å². The predicted octanol–water partition coefficient (Wildman–Crippen LogP) is 3.90. The van der Waals surface area contributed by atoms with Crippen molar-refractivity contribution in [3.8, 4) is 0 Å². The van der Waals surface area contributed by atoms with E-state index in [1.54, 1.807) is 6.07 Å². The summed E-state index contributed by atoms with van der Waals surface area (Å²) in [7, 11) is 0. The molecular formula is C23H31ClN2O4. The number of hydrogen-bond acceptors (Lipinski definition) is 5. The number of nitrogens with one attached hydrogen (secondary N) is 1. The van der Waals surface area contributed by atoms with Crippen molar-refractivity contribution in [3.05, 3.63) is 44.8 Å². The number of nitrogens with zero attached hydrogens (tertiary/aromatic N) is 1. The van der Waals surface area contributed by atoms with Crippen molar-refractivity contribution in [3.63, 3.8) is 0 Å². The first-order valence-corrected chi connectivity index (χ1v) is 11.1. The van der Waals surface area contributed by atoms with Crippen molar-refractivity contribution in [2.45, 2.75) is 52.7 Å². The second kappa shape index (κ2) is 10.4. The molecule has 1 aromatic carbocycles. The Morgan fingerprint density at radius 1 is 1.30 bits per heavy atom. The zero-order valence-corrected chi connectivity index (χ0v) is 18.8. The number of rotatable bonds is 8. The second-order valence-corrected chi connectivity index (χ2v) is 8.71. The third-order valence-electron chi connectivity index (χ3n) is 5.53. The molecule has 2 aromatic rings. The molecule has 1 aliphatic rings. The van der Waals surface area contributed by atoms with Gasteiger partial charge in [-0.2, -0.15) is 0 Å². The van der Waals surface area contributed by atoms with Crippen LogP contribution >= 0.6 is 11.6 Å². The van der Waals surface area contributed by atoms with E-state index in [9.17, 15) is 9.59 Å². The first kappa shape index (κ1) is 22.8. The van der Waals surface area contributed by atoms with Gasteiger partial charge in [-0.1, -0.05) is 11.6 Å². The highest BCUT2D eigenvalue weighted by Crippen LogP contribution is 2.27. The summed E-state index contributed by atoms with van der Waals surface area (Å²) in [4.78, 5) is 26.7. The van der Waals surface area contributed by atoms with Crippen LogP contribution in [0.1, 0.15) is 44.2 Å². The number of carbonyl (C=O) groups is 1. The van der Waals surface area contributed by atoms with Gasteiger partial charge in [0.05, 0.1) is 6.10 Å². The topological polar surface area (TPSA) is 71.8 Å². The Balaban J connectivity index is 1.53. The number of aryl methyl sites for hydroxylation is 1. The van der Waals surface area contributed by atoms with Crippen LogP contribution in [-0.4, -0.2) is 43.2 Å². The smallest absolute Gasteiger partial charge is 0.336 e. The molecule has 7 heteroatoms. The Kier molecular flexibility index (Phi) is 7.92. The van der Waals surface area contributed by atoms with Gasteiger partial charge in [0.1, 0.15) is 5.58 Å². The Morgan fingerprint density at radius 2 is 2.03 bits per heavy atom. The zero-order valence-electron chi connectivity index (χ0n) is 18.0. The van der Waals surface area contributed by atoms with Crippen LogP contribution in [0.3, 0.4) is 0 Å². The summed E-state index contributed by atoms with van der Waals surface area (Å²) in [6.07, 6.45) is 2.67. The van der Waals surface area contributed by atoms with Crippen LogP contribution < -0.4 is 10.9 Å². The number of fused-ring (bicyclic) bond motifs is 1. The normalized spacial score (nSPS) is 15.8. The summed E-state index contributed by atoms with van der Waals surface area (Å²) >= 11 is 6.29. The van der Waals surface area contributed by atoms with Crippen LogP contribution in [0.2, 0.25) is 5.02 Å². The maximum absolute atomic E-state index is 12.4. The SMILES string of the molecule is Cc1cc2oc(=O)cc(CN3CCC(C(=O)NCCCOC(C)C)CC3)c2cc1Cl. The maximum Gasteiger partial charge on any atom is 0.336 e. The van der Waals surface area contributed by atoms with E-state index < -0.39 is 0 Å². The molecule has 1 N–H and O–H groups in total. The van der Waals surface area contributed by atoms with E-state index in [-0.39, 0.29) is 23.6 Å². The van der Waals surface area contributed by atoms with Gasteiger partial charge in [-0.05, 0) is 76.4 Å². The van der Waals surface area contributed by atoms with E-state index in [2.05, 4.69) is 10.2 Å². The van der Waals surface area contributed by atoms with Crippen LogP contribution in [0.15, 0.2) is 27.4 Å². The van der Waals surface area contributed by atoms with Crippen LogP contribution in [0.4, 0.5) is 0 Å². The van der Waals surface area contributed by atoms with Gasteiger partial charge in [0, 0.05) is 42.1 Å². The number of piperidine rings is 1. The molecule has 1 aromatic heterocycles. The molecule has 1 fully saturated rings. The van der Waals surface area contributed by atoms with Gasteiger partial charge in [-0.25, -0.2) is 4.79 Å². The average molecular weight is 435 g/mol. The Morgan fingerprint density at radius 3 is 2.73 bits per heavy atom. The molecule has 1 amide bonds. The summed E-state index contributed by atoms with van der Waals surface area (Å²) < 4.78 is 10.8. The van der Waals surface area contributed by atoms with E-state index in [1.807, 2.05) is 32.9 Å². The maximum atomic E-state index is 12.4. The lowest BCUT2D eigenvalue weighted by atomic mass is 9.95. The van der Waals surface area contributed by atoms with Gasteiger partial charge in [0.15, 0.2) is 0 Å². The van der Waals surface area contributed by atoms with Gasteiger partial charge in [-0.3, -0.25) is 9.69 Å². The molecule has 0 atom stereocenters. The fourth-order valence-corrected chi connectivity index (χ4v) is 3.98. The van der Waals surface area contributed by atoms with Crippen molar-refractivity contribution in [2.75, 3.05) is 26.2 Å². The Hall–Kier alpha value is -1.89. The van der Waals surface area contributed by atoms with Gasteiger partial charge in [0.25, 0.3) is 0 Å². The van der Waals surface area contributed by atoms with Crippen LogP contribution in [0.5, 0.6) is 0 Å². The molecule has 30 heavy (non-hydrogen) atoms. The molecule has 0 saturated carbocycles. The average Bonchev–Trinajstić information content (AvgIpc) is 2.69. The van der Waals surface area contributed by atoms with Gasteiger partial charge in [-0.15, -0.1) is 0 Å². The summed E-state index contributed by atoms with van der Waals surface area (Å²) in [5, 5.41) is 4.56. The molecule has 0 radical (unpaired) electrons. The zero-order chi connectivity index (χ0) is 21.7. The fraction of sp³-hybridized carbons (Fsp3) is 0.565. The minimum atomic E-state index is -0.352. The molecule has 0 aliphatic carbocycles. The lowest BCUT2D eigenvalue weighted by Gasteiger charge is -2.31. The molecular weight excluding hydrogens is 404 g/mol. The third-order valence-corrected chi connectivity index (χ3v) is 5.94. The molecule has 0 bridgehead atoms. The number of benzene rings is 1. The highest BCUT2D eigenvalue weighted by Gasteiger charge is 2.25. The number of hydrogen-bond donors (Lipinski definition) is 1. The first-order valence-electron chi connectivity index (χ1n) is 10.7. The van der Waals surface area contributed by atoms with E-state index >= 15 is 0 Å². The van der Waals surface area contributed by atoms with Crippen molar-refractivity contribution in [1.29, 1.82) is 0 Å². The van der Waals surface area contributed by atoms with Gasteiger partial charge >= 0.3 is 5.63 Å². The van der Waals surface area contributed by atoms with Crippen molar-refractivity contribution in [1.82, 2.24) is 10.2 Å². The van der Waals surface area contributed by atoms with E-state index in [0.29, 0.717) is 30.3 Å². The molecule has 3 rings (SSSR count). The minimum absolute atomic E-state index is 0.0435. The Labute approximate surface area is 182 Å². The van der Waals surface area contributed by atoms with Gasteiger partial charge < -0.3 is 14.5 Å². The minimum Gasteiger partial charge on any atom is -0.423 e. The number of halogens is 1. The lowest BCUT2D eigenvalue weighted by molar-refractivity contribution is -0.126. The number of amides is 1. The summed E-state index contributed by atoms with van der Waals surface area (Å²) in [5.74, 6) is 0.175. The van der Waals surface area contributed by atoms with E-state index in [1.165, 1.54) is 0 Å². The number of ether oxygens (including phenoxy) is 1. The summed E-state index contributed by atoms with van der Waals surface area (Å²) in [6, 6.07) is 5.23. The van der Waals surface area contributed by atoms with E-state index in [0.717, 1.165) is 48.9 Å². The number of carbonyl (C=O) groups excluding carboxylic acids is 1. The third kappa shape index (κ3) is 6.06. The summed E-state index contributed by atoms with van der Waals surface area (Å²) in [6.45, 7) is 9.49. The second-order valence-electron chi connectivity index (χ2n) is 8.30. The molecule has 6 nitrogen and oxygen atoms in total. The van der Waals surface area contributed by atoms with Crippen molar-refractivity contribution < 1.29 is 13.9 Å². The quantitative estimate of drug-likeness (QED) is 0.504. The fourth-order valence-electron chi connectivity index (χ4n) is 3.82. The van der Waals surface area contributed by atoms with Crippen molar-refractivity contribution >= 4 is 28.5 Å². The highest BCUT2D eigenvalue weighted by molar-refractivity contribution is 6.32. The lowest BCUT2D eigenvalue weighted by Crippen LogP contribution is -2.40. The molecule has 0 unspecified atom stereocenters. The van der Waals surface area contributed by atoms with E-state index in [4.69, 9.17) is 20.8 Å². The highest BCUT2D eigenvalue weighted by atomic mass is 35.5.